The highest BCUT2D eigenvalue weighted by atomic mass is 16.5. The van der Waals surface area contributed by atoms with Gasteiger partial charge in [-0.15, -0.1) is 0 Å². The summed E-state index contributed by atoms with van der Waals surface area (Å²) in [5.74, 6) is -10.3. The van der Waals surface area contributed by atoms with Crippen LogP contribution in [-0.2, 0) is 57.5 Å². The molecule has 94 heavy (non-hydrogen) atoms. The number of amides is 11. The predicted octanol–water partition coefficient (Wildman–Crippen LogP) is 4.07. The van der Waals surface area contributed by atoms with Crippen molar-refractivity contribution in [2.24, 2.45) is 41.4 Å². The number of allylic oxidation sites excluding steroid dienone is 2. The van der Waals surface area contributed by atoms with Gasteiger partial charge in [0.15, 0.2) is 0 Å². The van der Waals surface area contributed by atoms with E-state index in [2.05, 4.69) is 16.0 Å². The van der Waals surface area contributed by atoms with E-state index in [1.807, 2.05) is 80.5 Å². The summed E-state index contributed by atoms with van der Waals surface area (Å²) in [7, 11) is 14.8. The minimum atomic E-state index is -1.68. The highest BCUT2D eigenvalue weighted by molar-refractivity contribution is 6.00. The Morgan fingerprint density at radius 1 is 0.468 bits per heavy atom. The molecule has 0 aromatic rings. The van der Waals surface area contributed by atoms with E-state index in [4.69, 9.17) is 4.74 Å². The number of carbonyl (C=O) groups excluding carboxylic acids is 11. The quantitative estimate of drug-likeness (QED) is 0.125. The monoisotopic (exact) mass is 1330 g/mol. The van der Waals surface area contributed by atoms with Gasteiger partial charge in [-0.2, -0.15) is 0 Å². The Morgan fingerprint density at radius 2 is 0.883 bits per heavy atom. The average Bonchev–Trinajstić information content (AvgIpc) is 0.806. The maximum Gasteiger partial charge on any atom is 0.273 e. The molecule has 538 valence electrons. The number of aliphatic hydroxyl groups is 1. The molecule has 0 spiro atoms. The second kappa shape index (κ2) is 39.5. The Hall–Kier alpha value is -6.47. The number of aliphatic hydroxyl groups excluding tert-OH is 1. The lowest BCUT2D eigenvalue weighted by Crippen LogP contribution is -2.64. The van der Waals surface area contributed by atoms with Gasteiger partial charge >= 0.3 is 0 Å². The topological polar surface area (TPSA) is 282 Å². The summed E-state index contributed by atoms with van der Waals surface area (Å²) in [6.45, 7) is 30.4. The van der Waals surface area contributed by atoms with Gasteiger partial charge in [0.1, 0.15) is 60.4 Å². The molecule has 1 heterocycles. The summed E-state index contributed by atoms with van der Waals surface area (Å²) in [6, 6.07) is -12.8. The molecule has 11 amide bonds. The van der Waals surface area contributed by atoms with Gasteiger partial charge in [-0.3, -0.25) is 52.7 Å². The number of methoxy groups -OCH3 is 1. The van der Waals surface area contributed by atoms with Crippen LogP contribution in [0.5, 0.6) is 0 Å². The molecule has 25 nitrogen and oxygen atoms in total. The fourth-order valence-electron chi connectivity index (χ4n) is 12.0. The first kappa shape index (κ1) is 85.5. The fourth-order valence-corrected chi connectivity index (χ4v) is 12.0. The van der Waals surface area contributed by atoms with Crippen molar-refractivity contribution in [3.8, 4) is 0 Å². The molecule has 1 fully saturated rings. The van der Waals surface area contributed by atoms with Gasteiger partial charge in [0.25, 0.3) is 5.91 Å². The Morgan fingerprint density at radius 3 is 1.33 bits per heavy atom. The maximum absolute atomic E-state index is 15.7. The Bertz CT molecular complexity index is 2590. The molecule has 0 radical (unpaired) electrons. The van der Waals surface area contributed by atoms with Gasteiger partial charge < -0.3 is 69.9 Å². The van der Waals surface area contributed by atoms with E-state index in [0.717, 1.165) is 9.80 Å². The summed E-state index contributed by atoms with van der Waals surface area (Å²) in [5.41, 5.74) is 0. The molecule has 0 aliphatic carbocycles. The normalized spacial score (nSPS) is 26.5. The minimum Gasteiger partial charge on any atom is -0.390 e. The summed E-state index contributed by atoms with van der Waals surface area (Å²) in [6.07, 6.45) is 4.70. The molecule has 1 unspecified atom stereocenters. The van der Waals surface area contributed by atoms with Crippen LogP contribution in [0.1, 0.15) is 156 Å². The Balaban J connectivity index is 4.62. The van der Waals surface area contributed by atoms with Crippen LogP contribution in [0.4, 0.5) is 0 Å². The molecule has 0 aromatic carbocycles. The second-order valence-corrected chi connectivity index (χ2v) is 28.6. The van der Waals surface area contributed by atoms with E-state index in [1.54, 1.807) is 66.7 Å². The van der Waals surface area contributed by atoms with Crippen molar-refractivity contribution in [2.75, 3.05) is 83.6 Å². The van der Waals surface area contributed by atoms with Crippen LogP contribution in [0.25, 0.3) is 0 Å². The first-order valence-corrected chi connectivity index (χ1v) is 33.7. The molecule has 13 atom stereocenters. The van der Waals surface area contributed by atoms with E-state index in [1.165, 1.54) is 99.7 Å². The Labute approximate surface area is 563 Å². The Kier molecular flexibility index (Phi) is 36.0. The number of ether oxygens (including phenoxy) is 1. The van der Waals surface area contributed by atoms with Gasteiger partial charge in [0.05, 0.1) is 6.10 Å². The predicted molar refractivity (Wildman–Crippen MR) is 366 cm³/mol. The number of likely N-dealkylation sites (N-methyl/N-ethyl adjacent to an activating group) is 8. The number of nitrogens with one attached hydrogen (secondary N) is 3. The number of rotatable bonds is 20. The van der Waals surface area contributed by atoms with E-state index >= 15 is 33.6 Å². The third kappa shape index (κ3) is 23.7. The zero-order valence-corrected chi connectivity index (χ0v) is 62.3. The van der Waals surface area contributed by atoms with Crippen molar-refractivity contribution < 1.29 is 62.6 Å². The van der Waals surface area contributed by atoms with Crippen LogP contribution in [-0.4, -0.2) is 271 Å². The van der Waals surface area contributed by atoms with Crippen molar-refractivity contribution >= 4 is 65.0 Å². The van der Waals surface area contributed by atoms with Crippen molar-refractivity contribution in [1.29, 1.82) is 0 Å². The third-order valence-electron chi connectivity index (χ3n) is 17.6. The molecular weight excluding hydrogens is 1200 g/mol. The molecule has 1 saturated heterocycles. The van der Waals surface area contributed by atoms with Crippen LogP contribution in [0, 0.1) is 41.4 Å². The van der Waals surface area contributed by atoms with Crippen molar-refractivity contribution in [3.63, 3.8) is 0 Å². The van der Waals surface area contributed by atoms with E-state index < -0.39 is 155 Å². The molecule has 1 aliphatic rings. The van der Waals surface area contributed by atoms with Crippen LogP contribution in [0.15, 0.2) is 24.3 Å². The van der Waals surface area contributed by atoms with Gasteiger partial charge in [0, 0.05) is 69.5 Å². The van der Waals surface area contributed by atoms with Gasteiger partial charge in [0.2, 0.25) is 65.3 Å². The number of hydrogen-bond donors (Lipinski definition) is 4. The fraction of sp³-hybridized carbons (Fsp3) is 0.783. The molecule has 0 bridgehead atoms. The van der Waals surface area contributed by atoms with Gasteiger partial charge in [-0.1, -0.05) is 121 Å². The standard InChI is InChI=1S/C69H124N12O13/c1-28-30-33-46(15)57(82)56-60(85)72-49(29-2)62(87)80(26)69(94-27)68(93)77(23)53(39-43(9)10)65(90)81(35-32-31-34-73(18)19)55(45(13)14)67(92)74(20)50(36-40(3)4)59(84)70-47(16)58(83)71-48(17)61(86)75(21)51(37-41(5)6)63(88)76(22)52(38-42(7)8)64(89)78(24)54(44(11)12)66(91)79(56)25/h28,30-32,40-57,69,82H,29,33-39H2,1-27H3,(H,70,84)(H,71,83)(H,72,85)/b30-28+,32-31+/t46-,47+,48-,49+,50+,51+,52+,53+,54+,55+,56+,57-,69?/m1/s1. The van der Waals surface area contributed by atoms with E-state index in [0.29, 0.717) is 6.54 Å². The van der Waals surface area contributed by atoms with Crippen LogP contribution in [0.3, 0.4) is 0 Å². The SMILES string of the molecule is C/C=C/C[C@@H](C)[C@@H](O)[C@H]1C(=O)N[C@@H](CC)C(=O)N(C)C(OC)C(=O)N(C)[C@@H](CC(C)C)C(=O)N(C/C=C/CN(C)C)[C@@H](C(C)C)C(=O)N(C)[C@@H](CC(C)C)C(=O)N[C@@H](C)C(=O)N[C@H](C)C(=O)N(C)[C@@H](CC(C)C)C(=O)N(C)[C@@H](CC(C)C)C(=O)N(C)[C@@H](C(C)C)C(=O)N1C. The largest absolute Gasteiger partial charge is 0.390 e. The van der Waals surface area contributed by atoms with Crippen molar-refractivity contribution in [3.05, 3.63) is 24.3 Å². The number of hydrogen-bond acceptors (Lipinski definition) is 14. The second-order valence-electron chi connectivity index (χ2n) is 28.6. The van der Waals surface area contributed by atoms with E-state index in [9.17, 15) is 24.3 Å². The van der Waals surface area contributed by atoms with Crippen molar-refractivity contribution in [2.45, 2.75) is 229 Å². The molecule has 1 aliphatic heterocycles. The zero-order valence-electron chi connectivity index (χ0n) is 62.3. The highest BCUT2D eigenvalue weighted by Gasteiger charge is 2.47. The van der Waals surface area contributed by atoms with Gasteiger partial charge in [-0.25, -0.2) is 0 Å². The maximum atomic E-state index is 15.7. The van der Waals surface area contributed by atoms with Crippen LogP contribution < -0.4 is 16.0 Å². The number of nitrogens with zero attached hydrogens (tertiary/aromatic N) is 9. The smallest absolute Gasteiger partial charge is 0.273 e. The van der Waals surface area contributed by atoms with Gasteiger partial charge in [-0.05, 0) is 115 Å². The third-order valence-corrected chi connectivity index (χ3v) is 17.6. The lowest BCUT2D eigenvalue weighted by Gasteiger charge is -2.42. The van der Waals surface area contributed by atoms with Crippen molar-refractivity contribution in [1.82, 2.24) is 60.0 Å². The lowest BCUT2D eigenvalue weighted by atomic mass is 9.91. The van der Waals surface area contributed by atoms with E-state index in [-0.39, 0.29) is 68.7 Å². The summed E-state index contributed by atoms with van der Waals surface area (Å²) < 4.78 is 5.80. The minimum absolute atomic E-state index is 0.0438. The van der Waals surface area contributed by atoms with Crippen LogP contribution >= 0.6 is 0 Å². The zero-order chi connectivity index (χ0) is 72.8. The molecule has 1 rings (SSSR count). The first-order valence-electron chi connectivity index (χ1n) is 33.7. The van der Waals surface area contributed by atoms with Crippen LogP contribution in [0.2, 0.25) is 0 Å². The highest BCUT2D eigenvalue weighted by Crippen LogP contribution is 2.27. The molecular formula is C69H124N12O13. The molecule has 0 aromatic heterocycles. The first-order chi connectivity index (χ1) is 43.5. The molecule has 25 heteroatoms. The number of carbonyl (C=O) groups is 11. The summed E-state index contributed by atoms with van der Waals surface area (Å²) in [5, 5.41) is 20.5. The lowest BCUT2D eigenvalue weighted by molar-refractivity contribution is -0.167. The summed E-state index contributed by atoms with van der Waals surface area (Å²) >= 11 is 0. The summed E-state index contributed by atoms with van der Waals surface area (Å²) in [4.78, 5) is 177. The average molecular weight is 1330 g/mol. The molecule has 0 saturated carbocycles. The molecule has 4 N–H and O–H groups in total.